The lowest BCUT2D eigenvalue weighted by Gasteiger charge is -2.26. The lowest BCUT2D eigenvalue weighted by atomic mass is 9.80. The van der Waals surface area contributed by atoms with Crippen molar-refractivity contribution in [3.05, 3.63) is 53.0 Å². The largest absolute Gasteiger partial charge is 0.478 e. The molecule has 1 aromatic carbocycles. The van der Waals surface area contributed by atoms with E-state index in [9.17, 15) is 33.0 Å². The first-order valence-corrected chi connectivity index (χ1v) is 10.4. The highest BCUT2D eigenvalue weighted by Crippen LogP contribution is 2.38. The highest BCUT2D eigenvalue weighted by atomic mass is 19.4. The van der Waals surface area contributed by atoms with Crippen LogP contribution in [0.4, 0.5) is 18.9 Å². The van der Waals surface area contributed by atoms with Crippen LogP contribution in [-0.4, -0.2) is 43.9 Å². The molecule has 3 aromatic rings. The number of pyridine rings is 1. The van der Waals surface area contributed by atoms with Crippen molar-refractivity contribution in [3.8, 4) is 0 Å². The predicted molar refractivity (Wildman–Crippen MR) is 112 cm³/mol. The number of H-pyrrole nitrogens is 1. The standard InChI is InChI=1S/C22H21F3N4O4/c23-22(24,25)18-3-1-2-15(26-18)20(31)27-16-8-13-17(9-14(16)21(32)33)28-29-19(13)12-6-4-11(10-30)5-7-12/h1-3,8-9,11-12,30H,4-7,10H2,(H,27,31)(H,28,29)(H,32,33). The summed E-state index contributed by atoms with van der Waals surface area (Å²) in [5.41, 5.74) is -0.820. The van der Waals surface area contributed by atoms with E-state index in [1.54, 1.807) is 0 Å². The van der Waals surface area contributed by atoms with Gasteiger partial charge in [0.15, 0.2) is 0 Å². The molecule has 0 spiro atoms. The first-order valence-electron chi connectivity index (χ1n) is 10.4. The molecule has 0 unspecified atom stereocenters. The van der Waals surface area contributed by atoms with Crippen LogP contribution >= 0.6 is 0 Å². The molecule has 1 fully saturated rings. The smallest absolute Gasteiger partial charge is 0.433 e. The van der Waals surface area contributed by atoms with Crippen molar-refractivity contribution >= 4 is 28.5 Å². The van der Waals surface area contributed by atoms with Gasteiger partial charge in [0, 0.05) is 23.6 Å². The van der Waals surface area contributed by atoms with Crippen molar-refractivity contribution in [2.45, 2.75) is 37.8 Å². The van der Waals surface area contributed by atoms with Gasteiger partial charge in [0.2, 0.25) is 0 Å². The van der Waals surface area contributed by atoms with Crippen LogP contribution < -0.4 is 5.32 Å². The first kappa shape index (κ1) is 22.7. The van der Waals surface area contributed by atoms with E-state index < -0.39 is 29.4 Å². The Morgan fingerprint density at radius 3 is 2.52 bits per heavy atom. The van der Waals surface area contributed by atoms with Crippen molar-refractivity contribution in [2.75, 3.05) is 11.9 Å². The fourth-order valence-electron chi connectivity index (χ4n) is 4.21. The van der Waals surface area contributed by atoms with Crippen LogP contribution in [0.2, 0.25) is 0 Å². The lowest BCUT2D eigenvalue weighted by Crippen LogP contribution is -2.18. The Kier molecular flexibility index (Phi) is 6.07. The average molecular weight is 462 g/mol. The van der Waals surface area contributed by atoms with Crippen LogP contribution in [0, 0.1) is 5.92 Å². The molecule has 0 bridgehead atoms. The molecule has 33 heavy (non-hydrogen) atoms. The van der Waals surface area contributed by atoms with Crippen LogP contribution in [0.1, 0.15) is 63.8 Å². The summed E-state index contributed by atoms with van der Waals surface area (Å²) in [5, 5.41) is 29.1. The number of halogens is 3. The molecular formula is C22H21F3N4O4. The monoisotopic (exact) mass is 462 g/mol. The first-order chi connectivity index (χ1) is 15.7. The van der Waals surface area contributed by atoms with Crippen molar-refractivity contribution in [2.24, 2.45) is 5.92 Å². The fourth-order valence-corrected chi connectivity index (χ4v) is 4.21. The van der Waals surface area contributed by atoms with Gasteiger partial charge in [0.05, 0.1) is 16.8 Å². The Bertz CT molecular complexity index is 1200. The third kappa shape index (κ3) is 4.68. The molecular weight excluding hydrogens is 441 g/mol. The van der Waals surface area contributed by atoms with E-state index in [0.717, 1.165) is 49.6 Å². The average Bonchev–Trinajstić information content (AvgIpc) is 3.21. The second-order valence-corrected chi connectivity index (χ2v) is 8.12. The molecule has 174 valence electrons. The van der Waals surface area contributed by atoms with Gasteiger partial charge < -0.3 is 15.5 Å². The summed E-state index contributed by atoms with van der Waals surface area (Å²) in [5.74, 6) is -1.90. The number of nitrogens with zero attached hydrogens (tertiary/aromatic N) is 2. The number of aromatic amines is 1. The van der Waals surface area contributed by atoms with Crippen molar-refractivity contribution < 1.29 is 33.0 Å². The Morgan fingerprint density at radius 1 is 1.15 bits per heavy atom. The Morgan fingerprint density at radius 2 is 1.88 bits per heavy atom. The Hall–Kier alpha value is -3.47. The van der Waals surface area contributed by atoms with Crippen LogP contribution in [0.15, 0.2) is 30.3 Å². The zero-order chi connectivity index (χ0) is 23.8. The molecule has 0 saturated heterocycles. The van der Waals surface area contributed by atoms with Gasteiger partial charge in [-0.05, 0) is 55.9 Å². The molecule has 11 heteroatoms. The van der Waals surface area contributed by atoms with Gasteiger partial charge in [0.1, 0.15) is 11.4 Å². The number of fused-ring (bicyclic) bond motifs is 1. The van der Waals surface area contributed by atoms with Gasteiger partial charge in [-0.15, -0.1) is 0 Å². The molecule has 1 aliphatic rings. The number of alkyl halides is 3. The van der Waals surface area contributed by atoms with E-state index in [-0.39, 0.29) is 29.7 Å². The number of hydrogen-bond donors (Lipinski definition) is 4. The Balaban J connectivity index is 1.67. The zero-order valence-electron chi connectivity index (χ0n) is 17.3. The highest BCUT2D eigenvalue weighted by Gasteiger charge is 2.33. The molecule has 1 saturated carbocycles. The van der Waals surface area contributed by atoms with Crippen molar-refractivity contribution in [1.29, 1.82) is 0 Å². The number of rotatable bonds is 5. The summed E-state index contributed by atoms with van der Waals surface area (Å²) in [4.78, 5) is 27.7. The number of carboxylic acids is 1. The molecule has 0 radical (unpaired) electrons. The predicted octanol–water partition coefficient (Wildman–Crippen LogP) is 4.19. The molecule has 8 nitrogen and oxygen atoms in total. The topological polar surface area (TPSA) is 128 Å². The number of aliphatic hydroxyl groups is 1. The minimum absolute atomic E-state index is 0.0640. The van der Waals surface area contributed by atoms with Crippen LogP contribution in [-0.2, 0) is 6.18 Å². The molecule has 4 rings (SSSR count). The summed E-state index contributed by atoms with van der Waals surface area (Å²) >= 11 is 0. The molecule has 2 heterocycles. The third-order valence-electron chi connectivity index (χ3n) is 5.99. The van der Waals surface area contributed by atoms with Crippen molar-refractivity contribution in [1.82, 2.24) is 15.2 Å². The highest BCUT2D eigenvalue weighted by molar-refractivity contribution is 6.09. The van der Waals surface area contributed by atoms with E-state index in [2.05, 4.69) is 20.5 Å². The maximum atomic E-state index is 12.9. The van der Waals surface area contributed by atoms with Gasteiger partial charge >= 0.3 is 12.1 Å². The molecule has 4 N–H and O–H groups in total. The number of anilines is 1. The van der Waals surface area contributed by atoms with Gasteiger partial charge in [0.25, 0.3) is 5.91 Å². The number of aromatic carboxylic acids is 1. The minimum atomic E-state index is -4.72. The number of carbonyl (C=O) groups excluding carboxylic acids is 1. The summed E-state index contributed by atoms with van der Waals surface area (Å²) in [6, 6.07) is 5.71. The SMILES string of the molecule is O=C(Nc1cc2c(C3CCC(CO)CC3)[nH]nc2cc1C(=O)O)c1cccc(C(F)(F)F)n1. The maximum absolute atomic E-state index is 12.9. The number of amides is 1. The van der Waals surface area contributed by atoms with E-state index in [0.29, 0.717) is 10.9 Å². The Labute approximate surface area is 185 Å². The molecule has 0 atom stereocenters. The van der Waals surface area contributed by atoms with E-state index in [1.807, 2.05) is 0 Å². The molecule has 1 aliphatic carbocycles. The maximum Gasteiger partial charge on any atom is 0.433 e. The van der Waals surface area contributed by atoms with Crippen LogP contribution in [0.5, 0.6) is 0 Å². The second kappa shape index (κ2) is 8.81. The number of carboxylic acid groups (broad SMARTS) is 1. The van der Waals surface area contributed by atoms with E-state index in [1.165, 1.54) is 12.1 Å². The number of carbonyl (C=O) groups is 2. The van der Waals surface area contributed by atoms with Crippen LogP contribution in [0.25, 0.3) is 10.9 Å². The van der Waals surface area contributed by atoms with Gasteiger partial charge in [-0.1, -0.05) is 6.07 Å². The number of nitrogens with one attached hydrogen (secondary N) is 2. The van der Waals surface area contributed by atoms with E-state index in [4.69, 9.17) is 0 Å². The zero-order valence-corrected chi connectivity index (χ0v) is 17.3. The number of aliphatic hydroxyl groups excluding tert-OH is 1. The number of aromatic nitrogens is 3. The molecule has 0 aliphatic heterocycles. The van der Waals surface area contributed by atoms with Crippen molar-refractivity contribution in [3.63, 3.8) is 0 Å². The van der Waals surface area contributed by atoms with Crippen LogP contribution in [0.3, 0.4) is 0 Å². The number of hydrogen-bond acceptors (Lipinski definition) is 5. The second-order valence-electron chi connectivity index (χ2n) is 8.12. The summed E-state index contributed by atoms with van der Waals surface area (Å²) in [6.07, 6.45) is -1.39. The van der Waals surface area contributed by atoms with E-state index >= 15 is 0 Å². The molecule has 2 aromatic heterocycles. The summed E-state index contributed by atoms with van der Waals surface area (Å²) in [6.45, 7) is 0.137. The van der Waals surface area contributed by atoms with Gasteiger partial charge in [-0.2, -0.15) is 18.3 Å². The van der Waals surface area contributed by atoms with Gasteiger partial charge in [-0.3, -0.25) is 9.89 Å². The van der Waals surface area contributed by atoms with Gasteiger partial charge in [-0.25, -0.2) is 9.78 Å². The number of benzene rings is 1. The third-order valence-corrected chi connectivity index (χ3v) is 5.99. The molecule has 1 amide bonds. The summed E-state index contributed by atoms with van der Waals surface area (Å²) in [7, 11) is 0. The normalized spacial score (nSPS) is 18.9. The minimum Gasteiger partial charge on any atom is -0.478 e. The fraction of sp³-hybridized carbons (Fsp3) is 0.364. The quantitative estimate of drug-likeness (QED) is 0.450. The lowest BCUT2D eigenvalue weighted by molar-refractivity contribution is -0.141. The summed E-state index contributed by atoms with van der Waals surface area (Å²) < 4.78 is 38.8.